The van der Waals surface area contributed by atoms with Gasteiger partial charge in [0.25, 0.3) is 5.91 Å². The van der Waals surface area contributed by atoms with Crippen LogP contribution in [0.25, 0.3) is 0 Å². The summed E-state index contributed by atoms with van der Waals surface area (Å²) in [5, 5.41) is 2.80. The van der Waals surface area contributed by atoms with Gasteiger partial charge in [-0.15, -0.1) is 0 Å². The van der Waals surface area contributed by atoms with Crippen molar-refractivity contribution in [1.82, 2.24) is 0 Å². The molecule has 0 saturated heterocycles. The SMILES string of the molecule is CC(C)c1ccc(NC(=O)COc2ccc(N)cc2)cc1. The molecule has 1 amide bonds. The van der Waals surface area contributed by atoms with E-state index in [9.17, 15) is 4.79 Å². The van der Waals surface area contributed by atoms with Crippen molar-refractivity contribution < 1.29 is 9.53 Å². The van der Waals surface area contributed by atoms with Crippen LogP contribution in [0.15, 0.2) is 48.5 Å². The lowest BCUT2D eigenvalue weighted by Crippen LogP contribution is -2.20. The molecule has 2 aromatic rings. The van der Waals surface area contributed by atoms with Gasteiger partial charge in [-0.05, 0) is 47.9 Å². The Morgan fingerprint density at radius 3 is 2.29 bits per heavy atom. The fourth-order valence-corrected chi connectivity index (χ4v) is 1.86. The molecule has 2 aromatic carbocycles. The first-order valence-electron chi connectivity index (χ1n) is 6.93. The van der Waals surface area contributed by atoms with Crippen molar-refractivity contribution in [2.45, 2.75) is 19.8 Å². The number of hydrogen-bond donors (Lipinski definition) is 2. The standard InChI is InChI=1S/C17H20N2O2/c1-12(2)13-3-7-15(8-4-13)19-17(20)11-21-16-9-5-14(18)6-10-16/h3-10,12H,11,18H2,1-2H3,(H,19,20). The van der Waals surface area contributed by atoms with E-state index in [0.29, 0.717) is 17.4 Å². The van der Waals surface area contributed by atoms with Crippen molar-refractivity contribution in [3.05, 3.63) is 54.1 Å². The Bertz CT molecular complexity index is 589. The topological polar surface area (TPSA) is 64.3 Å². The van der Waals surface area contributed by atoms with Gasteiger partial charge in [0.2, 0.25) is 0 Å². The summed E-state index contributed by atoms with van der Waals surface area (Å²) in [4.78, 5) is 11.8. The molecule has 0 heterocycles. The number of nitrogens with two attached hydrogens (primary N) is 1. The fourth-order valence-electron chi connectivity index (χ4n) is 1.86. The summed E-state index contributed by atoms with van der Waals surface area (Å²) in [6.45, 7) is 4.23. The normalized spacial score (nSPS) is 10.4. The summed E-state index contributed by atoms with van der Waals surface area (Å²) in [5.74, 6) is 0.905. The van der Waals surface area contributed by atoms with E-state index < -0.39 is 0 Å². The molecule has 4 nitrogen and oxygen atoms in total. The number of carbonyl (C=O) groups is 1. The van der Waals surface area contributed by atoms with Crippen LogP contribution >= 0.6 is 0 Å². The molecule has 0 atom stereocenters. The average molecular weight is 284 g/mol. The van der Waals surface area contributed by atoms with Crippen LogP contribution in [0.5, 0.6) is 5.75 Å². The van der Waals surface area contributed by atoms with Crippen LogP contribution in [0.2, 0.25) is 0 Å². The van der Waals surface area contributed by atoms with Crippen molar-refractivity contribution >= 4 is 17.3 Å². The summed E-state index contributed by atoms with van der Waals surface area (Å²) in [6, 6.07) is 14.8. The van der Waals surface area contributed by atoms with Crippen LogP contribution in [-0.4, -0.2) is 12.5 Å². The highest BCUT2D eigenvalue weighted by Gasteiger charge is 2.04. The van der Waals surface area contributed by atoms with E-state index in [1.54, 1.807) is 24.3 Å². The van der Waals surface area contributed by atoms with E-state index >= 15 is 0 Å². The predicted molar refractivity (Wildman–Crippen MR) is 85.5 cm³/mol. The molecule has 3 N–H and O–H groups in total. The maximum Gasteiger partial charge on any atom is 0.262 e. The minimum absolute atomic E-state index is 0.0319. The highest BCUT2D eigenvalue weighted by molar-refractivity contribution is 5.91. The number of anilines is 2. The van der Waals surface area contributed by atoms with Crippen LogP contribution in [0.1, 0.15) is 25.3 Å². The number of benzene rings is 2. The van der Waals surface area contributed by atoms with Gasteiger partial charge in [0.05, 0.1) is 0 Å². The number of carbonyl (C=O) groups excluding carboxylic acids is 1. The van der Waals surface area contributed by atoms with Crippen LogP contribution < -0.4 is 15.8 Å². The van der Waals surface area contributed by atoms with Gasteiger partial charge in [-0.25, -0.2) is 0 Å². The second-order valence-electron chi connectivity index (χ2n) is 5.18. The molecule has 4 heteroatoms. The lowest BCUT2D eigenvalue weighted by molar-refractivity contribution is -0.118. The number of ether oxygens (including phenoxy) is 1. The van der Waals surface area contributed by atoms with E-state index in [1.165, 1.54) is 5.56 Å². The zero-order chi connectivity index (χ0) is 15.2. The van der Waals surface area contributed by atoms with Crippen molar-refractivity contribution in [3.63, 3.8) is 0 Å². The Morgan fingerprint density at radius 1 is 1.10 bits per heavy atom. The van der Waals surface area contributed by atoms with Crippen molar-refractivity contribution in [1.29, 1.82) is 0 Å². The molecule has 0 aliphatic carbocycles. The quantitative estimate of drug-likeness (QED) is 0.827. The Kier molecular flexibility index (Phi) is 4.82. The van der Waals surface area contributed by atoms with E-state index in [2.05, 4.69) is 19.2 Å². The third-order valence-corrected chi connectivity index (χ3v) is 3.11. The molecule has 0 bridgehead atoms. The minimum Gasteiger partial charge on any atom is -0.484 e. The van der Waals surface area contributed by atoms with E-state index in [0.717, 1.165) is 5.69 Å². The highest BCUT2D eigenvalue weighted by atomic mass is 16.5. The Labute approximate surface area is 124 Å². The van der Waals surface area contributed by atoms with Gasteiger partial charge < -0.3 is 15.8 Å². The first-order valence-corrected chi connectivity index (χ1v) is 6.93. The molecule has 0 spiro atoms. The number of nitrogens with one attached hydrogen (secondary N) is 1. The summed E-state index contributed by atoms with van der Waals surface area (Å²) in [5.41, 5.74) is 8.26. The molecule has 0 radical (unpaired) electrons. The molecule has 0 saturated carbocycles. The summed E-state index contributed by atoms with van der Waals surface area (Å²) in [7, 11) is 0. The average Bonchev–Trinajstić information content (AvgIpc) is 2.47. The number of rotatable bonds is 5. The predicted octanol–water partition coefficient (Wildman–Crippen LogP) is 3.41. The Balaban J connectivity index is 1.85. The molecule has 0 fully saturated rings. The molecule has 0 aliphatic rings. The van der Waals surface area contributed by atoms with Crippen LogP contribution in [-0.2, 0) is 4.79 Å². The van der Waals surface area contributed by atoms with Crippen LogP contribution in [0.4, 0.5) is 11.4 Å². The second kappa shape index (κ2) is 6.79. The van der Waals surface area contributed by atoms with Crippen molar-refractivity contribution in [2.24, 2.45) is 0 Å². The number of hydrogen-bond acceptors (Lipinski definition) is 3. The van der Waals surface area contributed by atoms with Crippen molar-refractivity contribution in [3.8, 4) is 5.75 Å². The third-order valence-electron chi connectivity index (χ3n) is 3.11. The maximum atomic E-state index is 11.8. The van der Waals surface area contributed by atoms with E-state index in [4.69, 9.17) is 10.5 Å². The van der Waals surface area contributed by atoms with E-state index in [-0.39, 0.29) is 12.5 Å². The van der Waals surface area contributed by atoms with Crippen LogP contribution in [0.3, 0.4) is 0 Å². The lowest BCUT2D eigenvalue weighted by atomic mass is 10.0. The Morgan fingerprint density at radius 2 is 1.71 bits per heavy atom. The second-order valence-corrected chi connectivity index (χ2v) is 5.18. The summed E-state index contributed by atoms with van der Waals surface area (Å²) < 4.78 is 5.39. The largest absolute Gasteiger partial charge is 0.484 e. The monoisotopic (exact) mass is 284 g/mol. The Hall–Kier alpha value is -2.49. The number of amides is 1. The first kappa shape index (κ1) is 14.9. The molecule has 0 aliphatic heterocycles. The molecular formula is C17H20N2O2. The fraction of sp³-hybridized carbons (Fsp3) is 0.235. The molecule has 21 heavy (non-hydrogen) atoms. The van der Waals surface area contributed by atoms with Gasteiger partial charge >= 0.3 is 0 Å². The highest BCUT2D eigenvalue weighted by Crippen LogP contribution is 2.17. The maximum absolute atomic E-state index is 11.8. The van der Waals surface area contributed by atoms with Gasteiger partial charge in [-0.3, -0.25) is 4.79 Å². The lowest BCUT2D eigenvalue weighted by Gasteiger charge is -2.09. The third kappa shape index (κ3) is 4.53. The van der Waals surface area contributed by atoms with Gasteiger partial charge in [0.15, 0.2) is 6.61 Å². The van der Waals surface area contributed by atoms with Gasteiger partial charge in [0.1, 0.15) is 5.75 Å². The molecule has 2 rings (SSSR count). The summed E-state index contributed by atoms with van der Waals surface area (Å²) >= 11 is 0. The molecule has 0 unspecified atom stereocenters. The van der Waals surface area contributed by atoms with Gasteiger partial charge in [-0.1, -0.05) is 26.0 Å². The molecule has 110 valence electrons. The van der Waals surface area contributed by atoms with E-state index in [1.807, 2.05) is 24.3 Å². The minimum atomic E-state index is -0.191. The number of nitrogen functional groups attached to an aromatic ring is 1. The zero-order valence-electron chi connectivity index (χ0n) is 12.3. The first-order chi connectivity index (χ1) is 10.0. The van der Waals surface area contributed by atoms with Crippen molar-refractivity contribution in [2.75, 3.05) is 17.7 Å². The van der Waals surface area contributed by atoms with Crippen LogP contribution in [0, 0.1) is 0 Å². The van der Waals surface area contributed by atoms with Gasteiger partial charge in [0, 0.05) is 11.4 Å². The molecule has 0 aromatic heterocycles. The smallest absolute Gasteiger partial charge is 0.262 e. The zero-order valence-corrected chi connectivity index (χ0v) is 12.3. The summed E-state index contributed by atoms with van der Waals surface area (Å²) in [6.07, 6.45) is 0. The van der Waals surface area contributed by atoms with Gasteiger partial charge in [-0.2, -0.15) is 0 Å². The molecular weight excluding hydrogens is 264 g/mol.